The fourth-order valence-electron chi connectivity index (χ4n) is 0.616. The van der Waals surface area contributed by atoms with Gasteiger partial charge in [0.25, 0.3) is 0 Å². The number of rotatable bonds is 1. The highest BCUT2D eigenvalue weighted by atomic mass is 16.5. The van der Waals surface area contributed by atoms with E-state index < -0.39 is 0 Å². The zero-order valence-corrected chi connectivity index (χ0v) is 5.01. The van der Waals surface area contributed by atoms with Crippen LogP contribution in [0.4, 0.5) is 0 Å². The van der Waals surface area contributed by atoms with E-state index in [1.54, 1.807) is 13.3 Å². The van der Waals surface area contributed by atoms with Gasteiger partial charge < -0.3 is 15.0 Å². The number of nitrogens with zero attached hydrogens (tertiary/aromatic N) is 1. The molecular weight excluding hydrogens is 104 g/mol. The van der Waals surface area contributed by atoms with Gasteiger partial charge in [0.05, 0.1) is 6.20 Å². The van der Waals surface area contributed by atoms with Crippen molar-refractivity contribution in [3.05, 3.63) is 12.4 Å². The fraction of sp³-hybridized carbons (Fsp3) is 0.600. The van der Waals surface area contributed by atoms with Crippen molar-refractivity contribution in [2.75, 3.05) is 14.2 Å². The van der Waals surface area contributed by atoms with Crippen molar-refractivity contribution >= 4 is 0 Å². The summed E-state index contributed by atoms with van der Waals surface area (Å²) in [5.41, 5.74) is 0. The molecule has 3 heteroatoms. The number of hydrogen-bond acceptors (Lipinski definition) is 3. The Morgan fingerprint density at radius 1 is 1.88 bits per heavy atom. The topological polar surface area (TPSA) is 24.5 Å². The monoisotopic (exact) mass is 113 g/mol. The van der Waals surface area contributed by atoms with Crippen LogP contribution in [0.5, 0.6) is 0 Å². The predicted molar refractivity (Wildman–Crippen MR) is 29.5 cm³/mol. The molecule has 1 N–H and O–H groups in total. The van der Waals surface area contributed by atoms with Gasteiger partial charge in [-0.25, -0.2) is 0 Å². The normalized spacial score (nSPS) is 26.2. The quantitative estimate of drug-likeness (QED) is 0.506. The maximum absolute atomic E-state index is 4.94. The van der Waals surface area contributed by atoms with Crippen molar-refractivity contribution in [2.24, 2.45) is 0 Å². The molecule has 0 saturated carbocycles. The van der Waals surface area contributed by atoms with E-state index in [0.29, 0.717) is 0 Å². The molecule has 0 aliphatic carbocycles. The summed E-state index contributed by atoms with van der Waals surface area (Å²) in [4.78, 5) is 1.82. The SMILES string of the molecule is COC1NC=[C]N1C. The summed E-state index contributed by atoms with van der Waals surface area (Å²) in [6.45, 7) is 0. The first kappa shape index (κ1) is 5.44. The third-order valence-electron chi connectivity index (χ3n) is 1.07. The Hall–Kier alpha value is -0.700. The highest BCUT2D eigenvalue weighted by Gasteiger charge is 2.11. The Morgan fingerprint density at radius 2 is 2.62 bits per heavy atom. The molecule has 1 aliphatic rings. The molecule has 1 aliphatic heterocycles. The van der Waals surface area contributed by atoms with Crippen LogP contribution >= 0.6 is 0 Å². The van der Waals surface area contributed by atoms with Crippen molar-refractivity contribution in [2.45, 2.75) is 6.35 Å². The molecule has 0 aromatic heterocycles. The lowest BCUT2D eigenvalue weighted by molar-refractivity contribution is 0.00149. The van der Waals surface area contributed by atoms with E-state index in [9.17, 15) is 0 Å². The van der Waals surface area contributed by atoms with E-state index in [2.05, 4.69) is 11.5 Å². The summed E-state index contributed by atoms with van der Waals surface area (Å²) in [7, 11) is 3.54. The minimum atomic E-state index is -0.0185. The fourth-order valence-corrected chi connectivity index (χ4v) is 0.616. The van der Waals surface area contributed by atoms with Crippen molar-refractivity contribution < 1.29 is 4.74 Å². The zero-order chi connectivity index (χ0) is 5.98. The highest BCUT2D eigenvalue weighted by Crippen LogP contribution is 1.98. The third-order valence-corrected chi connectivity index (χ3v) is 1.07. The van der Waals surface area contributed by atoms with Gasteiger partial charge in [-0.1, -0.05) is 0 Å². The van der Waals surface area contributed by atoms with Crippen molar-refractivity contribution in [3.8, 4) is 0 Å². The molecule has 0 fully saturated rings. The molecule has 0 spiro atoms. The van der Waals surface area contributed by atoms with E-state index in [1.807, 2.05) is 11.9 Å². The van der Waals surface area contributed by atoms with Crippen LogP contribution in [0, 0.1) is 6.20 Å². The molecule has 1 radical (unpaired) electrons. The van der Waals surface area contributed by atoms with E-state index in [-0.39, 0.29) is 6.35 Å². The van der Waals surface area contributed by atoms with Gasteiger partial charge >= 0.3 is 0 Å². The lowest BCUT2D eigenvalue weighted by Gasteiger charge is -2.17. The molecule has 45 valence electrons. The van der Waals surface area contributed by atoms with Gasteiger partial charge in [0.15, 0.2) is 0 Å². The van der Waals surface area contributed by atoms with Gasteiger partial charge in [0, 0.05) is 20.4 Å². The van der Waals surface area contributed by atoms with Crippen molar-refractivity contribution in [3.63, 3.8) is 0 Å². The summed E-state index contributed by atoms with van der Waals surface area (Å²) >= 11 is 0. The summed E-state index contributed by atoms with van der Waals surface area (Å²) < 4.78 is 4.94. The zero-order valence-electron chi connectivity index (χ0n) is 5.01. The predicted octanol–water partition coefficient (Wildman–Crippen LogP) is -0.274. The van der Waals surface area contributed by atoms with Gasteiger partial charge in [-0.2, -0.15) is 0 Å². The first-order valence-corrected chi connectivity index (χ1v) is 2.44. The Morgan fingerprint density at radius 3 is 2.88 bits per heavy atom. The standard InChI is InChI=1S/C5H9N2O/c1-7-4-3-6-5(7)8-2/h3,5-6H,1-2H3. The molecule has 1 heterocycles. The number of hydrogen-bond donors (Lipinski definition) is 1. The minimum absolute atomic E-state index is 0.0185. The van der Waals surface area contributed by atoms with E-state index in [4.69, 9.17) is 4.74 Å². The van der Waals surface area contributed by atoms with Crippen LogP contribution in [0.1, 0.15) is 0 Å². The Balaban J connectivity index is 2.38. The summed E-state index contributed by atoms with van der Waals surface area (Å²) in [5, 5.41) is 2.92. The molecule has 1 rings (SSSR count). The average molecular weight is 113 g/mol. The van der Waals surface area contributed by atoms with Gasteiger partial charge in [0.1, 0.15) is 0 Å². The van der Waals surface area contributed by atoms with Gasteiger partial charge in [-0.3, -0.25) is 0 Å². The third kappa shape index (κ3) is 0.767. The van der Waals surface area contributed by atoms with Crippen LogP contribution in [0.15, 0.2) is 6.20 Å². The number of nitrogens with one attached hydrogen (secondary N) is 1. The van der Waals surface area contributed by atoms with Crippen molar-refractivity contribution in [1.82, 2.24) is 10.2 Å². The van der Waals surface area contributed by atoms with Gasteiger partial charge in [-0.05, 0) is 0 Å². The second kappa shape index (κ2) is 2.05. The molecular formula is C5H9N2O. The summed E-state index contributed by atoms with van der Waals surface area (Å²) in [6, 6.07) is 0. The second-order valence-corrected chi connectivity index (χ2v) is 1.64. The first-order chi connectivity index (χ1) is 3.84. The summed E-state index contributed by atoms with van der Waals surface area (Å²) in [5.74, 6) is 0. The van der Waals surface area contributed by atoms with E-state index >= 15 is 0 Å². The molecule has 1 unspecified atom stereocenters. The van der Waals surface area contributed by atoms with E-state index in [1.165, 1.54) is 0 Å². The highest BCUT2D eigenvalue weighted by molar-refractivity contribution is 4.80. The lowest BCUT2D eigenvalue weighted by atomic mass is 10.8. The van der Waals surface area contributed by atoms with Gasteiger partial charge in [0.2, 0.25) is 6.35 Å². The smallest absolute Gasteiger partial charge is 0.207 e. The average Bonchev–Trinajstić information content (AvgIpc) is 2.14. The number of ether oxygens (including phenoxy) is 1. The van der Waals surface area contributed by atoms with Crippen molar-refractivity contribution in [1.29, 1.82) is 0 Å². The summed E-state index contributed by atoms with van der Waals surface area (Å²) in [6.07, 6.45) is 4.60. The largest absolute Gasteiger partial charge is 0.347 e. The van der Waals surface area contributed by atoms with Crippen LogP contribution in [-0.4, -0.2) is 25.4 Å². The molecule has 0 aromatic carbocycles. The minimum Gasteiger partial charge on any atom is -0.347 e. The molecule has 8 heavy (non-hydrogen) atoms. The Labute approximate surface area is 48.9 Å². The Bertz CT molecular complexity index is 103. The van der Waals surface area contributed by atoms with Crippen LogP contribution < -0.4 is 5.32 Å². The molecule has 0 amide bonds. The molecule has 0 saturated heterocycles. The second-order valence-electron chi connectivity index (χ2n) is 1.64. The van der Waals surface area contributed by atoms with Crippen LogP contribution in [-0.2, 0) is 4.74 Å². The molecule has 1 atom stereocenters. The Kier molecular flexibility index (Phi) is 1.39. The lowest BCUT2D eigenvalue weighted by Crippen LogP contribution is -2.34. The van der Waals surface area contributed by atoms with E-state index in [0.717, 1.165) is 0 Å². The molecule has 0 bridgehead atoms. The first-order valence-electron chi connectivity index (χ1n) is 2.44. The van der Waals surface area contributed by atoms with Gasteiger partial charge in [-0.15, -0.1) is 0 Å². The number of methoxy groups -OCH3 is 1. The maximum Gasteiger partial charge on any atom is 0.207 e. The molecule has 0 aromatic rings. The maximum atomic E-state index is 4.94. The van der Waals surface area contributed by atoms with Crippen LogP contribution in [0.3, 0.4) is 0 Å². The van der Waals surface area contributed by atoms with Crippen LogP contribution in [0.2, 0.25) is 0 Å². The van der Waals surface area contributed by atoms with Crippen LogP contribution in [0.25, 0.3) is 0 Å². The molecule has 3 nitrogen and oxygen atoms in total.